The molecule has 0 fully saturated rings. The third-order valence-electron chi connectivity index (χ3n) is 2.76. The molecule has 7 heteroatoms. The fourth-order valence-corrected chi connectivity index (χ4v) is 3.35. The Morgan fingerprint density at radius 2 is 2.20 bits per heavy atom. The van der Waals surface area contributed by atoms with Gasteiger partial charge < -0.3 is 5.11 Å². The minimum absolute atomic E-state index is 0.142. The predicted octanol–water partition coefficient (Wildman–Crippen LogP) is 1.98. The first-order chi connectivity index (χ1) is 9.38. The first kappa shape index (κ1) is 15.1. The molecule has 2 rings (SSSR count). The van der Waals surface area contributed by atoms with Gasteiger partial charge in [0.05, 0.1) is 28.2 Å². The van der Waals surface area contributed by atoms with E-state index in [4.69, 9.17) is 0 Å². The summed E-state index contributed by atoms with van der Waals surface area (Å²) in [6, 6.07) is 6.27. The van der Waals surface area contributed by atoms with Gasteiger partial charge in [0.1, 0.15) is 0 Å². The van der Waals surface area contributed by atoms with Crippen molar-refractivity contribution in [1.29, 1.82) is 0 Å². The van der Waals surface area contributed by atoms with Gasteiger partial charge in [-0.3, -0.25) is 0 Å². The number of nitrogens with zero attached hydrogens (tertiary/aromatic N) is 1. The number of sulfonamides is 1. The number of benzene rings is 1. The molecule has 0 aliphatic rings. The van der Waals surface area contributed by atoms with Crippen LogP contribution in [-0.2, 0) is 16.6 Å². The summed E-state index contributed by atoms with van der Waals surface area (Å²) in [5.41, 5.74) is 1.26. The molecule has 20 heavy (non-hydrogen) atoms. The van der Waals surface area contributed by atoms with Crippen LogP contribution in [0.25, 0.3) is 0 Å². The Morgan fingerprint density at radius 1 is 1.45 bits per heavy atom. The molecule has 5 nitrogen and oxygen atoms in total. The average molecular weight is 312 g/mol. The van der Waals surface area contributed by atoms with Crippen molar-refractivity contribution < 1.29 is 13.5 Å². The van der Waals surface area contributed by atoms with Gasteiger partial charge in [-0.1, -0.05) is 12.1 Å². The molecule has 0 saturated carbocycles. The summed E-state index contributed by atoms with van der Waals surface area (Å²) in [5, 5.41) is 12.2. The molecule has 1 aromatic heterocycles. The normalized spacial score (nSPS) is 13.3. The highest BCUT2D eigenvalue weighted by Crippen LogP contribution is 2.17. The van der Waals surface area contributed by atoms with Gasteiger partial charge >= 0.3 is 0 Å². The summed E-state index contributed by atoms with van der Waals surface area (Å²) in [5.74, 6) is 0. The molecular weight excluding hydrogens is 296 g/mol. The second-order valence-electron chi connectivity index (χ2n) is 4.43. The second kappa shape index (κ2) is 6.01. The summed E-state index contributed by atoms with van der Waals surface area (Å²) in [6.45, 7) is 3.62. The number of nitrogens with one attached hydrogen (secondary N) is 1. The number of aliphatic hydroxyl groups excluding tert-OH is 1. The zero-order valence-corrected chi connectivity index (χ0v) is 12.8. The van der Waals surface area contributed by atoms with Gasteiger partial charge in [-0.25, -0.2) is 18.1 Å². The summed E-state index contributed by atoms with van der Waals surface area (Å²) in [7, 11) is -3.60. The van der Waals surface area contributed by atoms with E-state index in [1.807, 2.05) is 12.3 Å². The minimum atomic E-state index is -3.60. The van der Waals surface area contributed by atoms with Crippen LogP contribution in [0.15, 0.2) is 34.5 Å². The zero-order chi connectivity index (χ0) is 14.8. The third kappa shape index (κ3) is 3.63. The molecule has 0 aliphatic carbocycles. The van der Waals surface area contributed by atoms with Crippen LogP contribution in [0.5, 0.6) is 0 Å². The molecule has 0 saturated heterocycles. The van der Waals surface area contributed by atoms with Gasteiger partial charge in [-0.15, -0.1) is 11.3 Å². The quantitative estimate of drug-likeness (QED) is 0.885. The molecule has 1 heterocycles. The van der Waals surface area contributed by atoms with E-state index in [1.54, 1.807) is 19.1 Å². The van der Waals surface area contributed by atoms with Gasteiger partial charge in [-0.05, 0) is 31.5 Å². The number of hydrogen-bond acceptors (Lipinski definition) is 5. The Kier molecular flexibility index (Phi) is 4.54. The SMILES string of the molecule is Cc1nc(CNS(=O)(=O)c2cccc(C(C)O)c2)cs1. The summed E-state index contributed by atoms with van der Waals surface area (Å²) in [6.07, 6.45) is -0.702. The van der Waals surface area contributed by atoms with Crippen LogP contribution in [0, 0.1) is 6.92 Å². The van der Waals surface area contributed by atoms with Crippen molar-refractivity contribution in [3.05, 3.63) is 45.9 Å². The van der Waals surface area contributed by atoms with Crippen LogP contribution in [0.1, 0.15) is 29.3 Å². The van der Waals surface area contributed by atoms with E-state index in [0.29, 0.717) is 11.3 Å². The van der Waals surface area contributed by atoms with Gasteiger partial charge in [0.15, 0.2) is 0 Å². The largest absolute Gasteiger partial charge is 0.389 e. The molecule has 0 radical (unpaired) electrons. The lowest BCUT2D eigenvalue weighted by molar-refractivity contribution is 0.199. The Morgan fingerprint density at radius 3 is 2.80 bits per heavy atom. The van der Waals surface area contributed by atoms with Gasteiger partial charge in [0.25, 0.3) is 0 Å². The number of rotatable bonds is 5. The van der Waals surface area contributed by atoms with E-state index >= 15 is 0 Å². The lowest BCUT2D eigenvalue weighted by atomic mass is 10.1. The van der Waals surface area contributed by atoms with Crippen LogP contribution >= 0.6 is 11.3 Å². The highest BCUT2D eigenvalue weighted by atomic mass is 32.2. The summed E-state index contributed by atoms with van der Waals surface area (Å²) in [4.78, 5) is 4.35. The Balaban J connectivity index is 2.15. The molecule has 108 valence electrons. The topological polar surface area (TPSA) is 79.3 Å². The molecule has 2 N–H and O–H groups in total. The maximum absolute atomic E-state index is 12.2. The van der Waals surface area contributed by atoms with Crippen LogP contribution in [0.3, 0.4) is 0 Å². The van der Waals surface area contributed by atoms with E-state index < -0.39 is 16.1 Å². The van der Waals surface area contributed by atoms with Crippen molar-refractivity contribution >= 4 is 21.4 Å². The van der Waals surface area contributed by atoms with Crippen LogP contribution in [0.4, 0.5) is 0 Å². The lowest BCUT2D eigenvalue weighted by Gasteiger charge is -2.09. The molecule has 1 unspecified atom stereocenters. The molecule has 0 aliphatic heterocycles. The monoisotopic (exact) mass is 312 g/mol. The van der Waals surface area contributed by atoms with Crippen molar-refractivity contribution in [2.75, 3.05) is 0 Å². The average Bonchev–Trinajstić information content (AvgIpc) is 2.82. The van der Waals surface area contributed by atoms with E-state index in [-0.39, 0.29) is 11.4 Å². The van der Waals surface area contributed by atoms with E-state index in [0.717, 1.165) is 5.01 Å². The standard InChI is InChI=1S/C13H16N2O3S2/c1-9(16)11-4-3-5-13(6-11)20(17,18)14-7-12-8-19-10(2)15-12/h3-6,8-9,14,16H,7H2,1-2H3. The zero-order valence-electron chi connectivity index (χ0n) is 11.2. The fraction of sp³-hybridized carbons (Fsp3) is 0.308. The van der Waals surface area contributed by atoms with Gasteiger partial charge in [-0.2, -0.15) is 0 Å². The molecule has 0 bridgehead atoms. The number of aryl methyl sites for hydroxylation is 1. The predicted molar refractivity (Wildman–Crippen MR) is 78.0 cm³/mol. The molecule has 0 amide bonds. The van der Waals surface area contributed by atoms with E-state index in [9.17, 15) is 13.5 Å². The van der Waals surface area contributed by atoms with Crippen molar-refractivity contribution in [1.82, 2.24) is 9.71 Å². The third-order valence-corrected chi connectivity index (χ3v) is 4.98. The van der Waals surface area contributed by atoms with E-state index in [2.05, 4.69) is 9.71 Å². The van der Waals surface area contributed by atoms with Crippen LogP contribution in [-0.4, -0.2) is 18.5 Å². The first-order valence-electron chi connectivity index (χ1n) is 6.07. The Bertz CT molecular complexity index is 693. The van der Waals surface area contributed by atoms with Crippen LogP contribution < -0.4 is 4.72 Å². The Labute approximate surface area is 122 Å². The second-order valence-corrected chi connectivity index (χ2v) is 7.26. The van der Waals surface area contributed by atoms with E-state index in [1.165, 1.54) is 23.5 Å². The Hall–Kier alpha value is -1.28. The maximum atomic E-state index is 12.2. The summed E-state index contributed by atoms with van der Waals surface area (Å²) < 4.78 is 26.8. The molecule has 1 atom stereocenters. The lowest BCUT2D eigenvalue weighted by Crippen LogP contribution is -2.23. The number of aromatic nitrogens is 1. The minimum Gasteiger partial charge on any atom is -0.389 e. The number of hydrogen-bond donors (Lipinski definition) is 2. The van der Waals surface area contributed by atoms with Crippen molar-refractivity contribution in [3.8, 4) is 0 Å². The van der Waals surface area contributed by atoms with Gasteiger partial charge in [0, 0.05) is 5.38 Å². The first-order valence-corrected chi connectivity index (χ1v) is 8.43. The van der Waals surface area contributed by atoms with Crippen molar-refractivity contribution in [2.24, 2.45) is 0 Å². The smallest absolute Gasteiger partial charge is 0.240 e. The van der Waals surface area contributed by atoms with Gasteiger partial charge in [0.2, 0.25) is 10.0 Å². The molecular formula is C13H16N2O3S2. The highest BCUT2D eigenvalue weighted by molar-refractivity contribution is 7.89. The number of thiazole rings is 1. The highest BCUT2D eigenvalue weighted by Gasteiger charge is 2.15. The maximum Gasteiger partial charge on any atom is 0.240 e. The summed E-state index contributed by atoms with van der Waals surface area (Å²) >= 11 is 1.48. The molecule has 2 aromatic rings. The van der Waals surface area contributed by atoms with Crippen LogP contribution in [0.2, 0.25) is 0 Å². The fourth-order valence-electron chi connectivity index (χ4n) is 1.68. The molecule has 0 spiro atoms. The van der Waals surface area contributed by atoms with Crippen molar-refractivity contribution in [3.63, 3.8) is 0 Å². The van der Waals surface area contributed by atoms with Crippen molar-refractivity contribution in [2.45, 2.75) is 31.4 Å². The molecule has 1 aromatic carbocycles. The number of aliphatic hydroxyl groups is 1.